The normalized spacial score (nSPS) is 21.8. The summed E-state index contributed by atoms with van der Waals surface area (Å²) in [4.78, 5) is 13.6. The smallest absolute Gasteiger partial charge is 0.261 e. The maximum Gasteiger partial charge on any atom is 0.261 e. The van der Waals surface area contributed by atoms with Gasteiger partial charge in [0.1, 0.15) is 0 Å². The third-order valence-corrected chi connectivity index (χ3v) is 4.50. The maximum atomic E-state index is 12.0. The van der Waals surface area contributed by atoms with Gasteiger partial charge in [-0.05, 0) is 36.8 Å². The molecular formula is C15H20N2OS. The fraction of sp³-hybridized carbons (Fsp3) is 0.533. The summed E-state index contributed by atoms with van der Waals surface area (Å²) in [5.41, 5.74) is 5.32. The van der Waals surface area contributed by atoms with E-state index in [2.05, 4.69) is 24.1 Å². The van der Waals surface area contributed by atoms with Gasteiger partial charge in [-0.1, -0.05) is 25.2 Å². The number of nitrogens with one attached hydrogen (secondary N) is 1. The predicted octanol–water partition coefficient (Wildman–Crippen LogP) is 2.22. The summed E-state index contributed by atoms with van der Waals surface area (Å²) < 4.78 is 0. The molecule has 1 aromatic rings. The van der Waals surface area contributed by atoms with Crippen molar-refractivity contribution in [1.29, 1.82) is 0 Å². The van der Waals surface area contributed by atoms with E-state index >= 15 is 0 Å². The molecule has 1 aliphatic carbocycles. The number of carbonyl (C=O) groups excluding carboxylic acids is 1. The minimum atomic E-state index is 0.0188. The Balaban J connectivity index is 1.84. The average Bonchev–Trinajstić information content (AvgIpc) is 3.02. The zero-order valence-electron chi connectivity index (χ0n) is 11.2. The van der Waals surface area contributed by atoms with Crippen LogP contribution in [-0.4, -0.2) is 19.0 Å². The molecule has 3 N–H and O–H groups in total. The SMILES string of the molecule is CC1CCC(CNC(=O)c2ccc(C#CCN)s2)C1. The zero-order valence-corrected chi connectivity index (χ0v) is 12.1. The quantitative estimate of drug-likeness (QED) is 0.832. The van der Waals surface area contributed by atoms with Crippen molar-refractivity contribution in [1.82, 2.24) is 5.32 Å². The minimum absolute atomic E-state index is 0.0188. The Bertz CT molecular complexity index is 498. The van der Waals surface area contributed by atoms with E-state index in [4.69, 9.17) is 5.73 Å². The number of hydrogen-bond acceptors (Lipinski definition) is 3. The van der Waals surface area contributed by atoms with Crippen LogP contribution < -0.4 is 11.1 Å². The Morgan fingerprint density at radius 1 is 1.53 bits per heavy atom. The molecule has 1 amide bonds. The van der Waals surface area contributed by atoms with E-state index in [9.17, 15) is 4.79 Å². The van der Waals surface area contributed by atoms with Crippen molar-refractivity contribution in [3.63, 3.8) is 0 Å². The van der Waals surface area contributed by atoms with E-state index in [-0.39, 0.29) is 5.91 Å². The van der Waals surface area contributed by atoms with Gasteiger partial charge in [0.15, 0.2) is 0 Å². The van der Waals surface area contributed by atoms with E-state index in [1.54, 1.807) is 0 Å². The molecule has 2 unspecified atom stereocenters. The van der Waals surface area contributed by atoms with Crippen molar-refractivity contribution in [2.24, 2.45) is 17.6 Å². The van der Waals surface area contributed by atoms with Crippen LogP contribution in [0.15, 0.2) is 12.1 Å². The number of nitrogens with two attached hydrogens (primary N) is 1. The highest BCUT2D eigenvalue weighted by molar-refractivity contribution is 7.14. The minimum Gasteiger partial charge on any atom is -0.351 e. The third-order valence-electron chi connectivity index (χ3n) is 3.50. The first-order valence-electron chi connectivity index (χ1n) is 6.76. The summed E-state index contributed by atoms with van der Waals surface area (Å²) in [7, 11) is 0. The van der Waals surface area contributed by atoms with E-state index < -0.39 is 0 Å². The molecule has 0 spiro atoms. The van der Waals surface area contributed by atoms with Crippen LogP contribution in [0.1, 0.15) is 40.7 Å². The molecule has 0 aromatic carbocycles. The van der Waals surface area contributed by atoms with Crippen molar-refractivity contribution in [3.8, 4) is 11.8 Å². The Morgan fingerprint density at radius 2 is 2.37 bits per heavy atom. The standard InChI is InChI=1S/C15H20N2OS/c1-11-4-5-12(9-11)10-17-15(18)14-7-6-13(19-14)3-2-8-16/h6-7,11-12H,4-5,8-10,16H2,1H3,(H,17,18). The first-order valence-corrected chi connectivity index (χ1v) is 7.57. The van der Waals surface area contributed by atoms with Gasteiger partial charge in [-0.2, -0.15) is 0 Å². The van der Waals surface area contributed by atoms with Crippen molar-refractivity contribution >= 4 is 17.2 Å². The molecule has 2 atom stereocenters. The van der Waals surface area contributed by atoms with Crippen LogP contribution in [0.25, 0.3) is 0 Å². The average molecular weight is 276 g/mol. The fourth-order valence-electron chi connectivity index (χ4n) is 2.50. The second kappa shape index (κ2) is 6.74. The summed E-state index contributed by atoms with van der Waals surface area (Å²) in [6.07, 6.45) is 3.76. The molecule has 1 aromatic heterocycles. The van der Waals surface area contributed by atoms with E-state index in [0.717, 1.165) is 22.2 Å². The largest absolute Gasteiger partial charge is 0.351 e. The molecule has 0 aliphatic heterocycles. The highest BCUT2D eigenvalue weighted by Crippen LogP contribution is 2.29. The highest BCUT2D eigenvalue weighted by atomic mass is 32.1. The lowest BCUT2D eigenvalue weighted by Gasteiger charge is -2.10. The maximum absolute atomic E-state index is 12.0. The summed E-state index contributed by atoms with van der Waals surface area (Å²) in [5, 5.41) is 3.03. The van der Waals surface area contributed by atoms with Gasteiger partial charge < -0.3 is 11.1 Å². The Kier molecular flexibility index (Phi) is 5.00. The van der Waals surface area contributed by atoms with Crippen molar-refractivity contribution in [2.45, 2.75) is 26.2 Å². The number of hydrogen-bond donors (Lipinski definition) is 2. The van der Waals surface area contributed by atoms with Crippen LogP contribution >= 0.6 is 11.3 Å². The van der Waals surface area contributed by atoms with E-state index in [0.29, 0.717) is 12.5 Å². The number of carbonyl (C=O) groups is 1. The van der Waals surface area contributed by atoms with Gasteiger partial charge in [0.05, 0.1) is 16.3 Å². The van der Waals surface area contributed by atoms with Gasteiger partial charge in [-0.3, -0.25) is 4.79 Å². The Morgan fingerprint density at radius 3 is 3.05 bits per heavy atom. The molecule has 0 saturated heterocycles. The monoisotopic (exact) mass is 276 g/mol. The number of amides is 1. The molecule has 0 bridgehead atoms. The third kappa shape index (κ3) is 4.09. The van der Waals surface area contributed by atoms with Crippen LogP contribution in [-0.2, 0) is 0 Å². The van der Waals surface area contributed by atoms with Crippen LogP contribution in [0.3, 0.4) is 0 Å². The number of thiophene rings is 1. The topological polar surface area (TPSA) is 55.1 Å². The summed E-state index contributed by atoms with van der Waals surface area (Å²) in [6.45, 7) is 3.42. The molecule has 1 fully saturated rings. The predicted molar refractivity (Wildman–Crippen MR) is 79.1 cm³/mol. The van der Waals surface area contributed by atoms with E-state index in [1.807, 2.05) is 12.1 Å². The van der Waals surface area contributed by atoms with Crippen LogP contribution in [0.4, 0.5) is 0 Å². The second-order valence-electron chi connectivity index (χ2n) is 5.16. The molecule has 0 radical (unpaired) electrons. The molecule has 3 nitrogen and oxygen atoms in total. The molecule has 19 heavy (non-hydrogen) atoms. The van der Waals surface area contributed by atoms with Gasteiger partial charge in [0.25, 0.3) is 5.91 Å². The lowest BCUT2D eigenvalue weighted by molar-refractivity contribution is 0.0951. The first-order chi connectivity index (χ1) is 9.19. The second-order valence-corrected chi connectivity index (χ2v) is 6.25. The van der Waals surface area contributed by atoms with Crippen molar-refractivity contribution in [3.05, 3.63) is 21.9 Å². The van der Waals surface area contributed by atoms with Gasteiger partial charge in [-0.25, -0.2) is 0 Å². The first kappa shape index (κ1) is 14.1. The fourth-order valence-corrected chi connectivity index (χ4v) is 3.30. The van der Waals surface area contributed by atoms with Gasteiger partial charge in [0.2, 0.25) is 0 Å². The lowest BCUT2D eigenvalue weighted by atomic mass is 10.1. The van der Waals surface area contributed by atoms with Crippen LogP contribution in [0, 0.1) is 23.7 Å². The summed E-state index contributed by atoms with van der Waals surface area (Å²) in [5.74, 6) is 7.22. The van der Waals surface area contributed by atoms with Crippen molar-refractivity contribution < 1.29 is 4.79 Å². The van der Waals surface area contributed by atoms with Crippen molar-refractivity contribution in [2.75, 3.05) is 13.1 Å². The van der Waals surface area contributed by atoms with Gasteiger partial charge >= 0.3 is 0 Å². The molecule has 1 aliphatic rings. The molecule has 1 saturated carbocycles. The number of rotatable bonds is 3. The Hall–Kier alpha value is -1.31. The summed E-state index contributed by atoms with van der Waals surface area (Å²) >= 11 is 1.42. The molecule has 102 valence electrons. The molecule has 1 heterocycles. The molecule has 2 rings (SSSR count). The van der Waals surface area contributed by atoms with E-state index in [1.165, 1.54) is 30.6 Å². The Labute approximate surface area is 118 Å². The van der Waals surface area contributed by atoms with Crippen LogP contribution in [0.2, 0.25) is 0 Å². The zero-order chi connectivity index (χ0) is 13.7. The lowest BCUT2D eigenvalue weighted by Crippen LogP contribution is -2.27. The van der Waals surface area contributed by atoms with Crippen LogP contribution in [0.5, 0.6) is 0 Å². The molecule has 4 heteroatoms. The summed E-state index contributed by atoms with van der Waals surface area (Å²) in [6, 6.07) is 3.71. The van der Waals surface area contributed by atoms with Gasteiger partial charge in [-0.15, -0.1) is 11.3 Å². The highest BCUT2D eigenvalue weighted by Gasteiger charge is 2.21. The van der Waals surface area contributed by atoms with Gasteiger partial charge in [0, 0.05) is 6.54 Å². The molecular weight excluding hydrogens is 256 g/mol.